The predicted molar refractivity (Wildman–Crippen MR) is 103 cm³/mol. The second kappa shape index (κ2) is 7.90. The first kappa shape index (κ1) is 19.7. The molecule has 3 amide bonds. The summed E-state index contributed by atoms with van der Waals surface area (Å²) in [5.41, 5.74) is 0.547. The zero-order chi connectivity index (χ0) is 20.3. The van der Waals surface area contributed by atoms with Crippen LogP contribution in [0.4, 0.5) is 4.79 Å². The molecule has 2 aromatic rings. The molecule has 2 aromatic carbocycles. The van der Waals surface area contributed by atoms with Gasteiger partial charge in [0.15, 0.2) is 0 Å². The number of hydrogen-bond acceptors (Lipinski definition) is 5. The summed E-state index contributed by atoms with van der Waals surface area (Å²) in [6.45, 7) is 3.43. The van der Waals surface area contributed by atoms with E-state index in [9.17, 15) is 14.7 Å². The van der Waals surface area contributed by atoms with Crippen molar-refractivity contribution in [3.05, 3.63) is 59.7 Å². The van der Waals surface area contributed by atoms with Gasteiger partial charge in [-0.05, 0) is 43.7 Å². The zero-order valence-corrected chi connectivity index (χ0v) is 16.1. The Morgan fingerprint density at radius 1 is 1.07 bits per heavy atom. The number of amides is 3. The predicted octanol–water partition coefficient (Wildman–Crippen LogP) is 2.21. The first-order chi connectivity index (χ1) is 13.3. The fourth-order valence-corrected chi connectivity index (χ4v) is 3.07. The molecule has 28 heavy (non-hydrogen) atoms. The van der Waals surface area contributed by atoms with Crippen LogP contribution in [0.15, 0.2) is 48.5 Å². The molecule has 0 unspecified atom stereocenters. The van der Waals surface area contributed by atoms with Gasteiger partial charge in [-0.25, -0.2) is 4.79 Å². The highest BCUT2D eigenvalue weighted by molar-refractivity contribution is 6.07. The number of carbonyl (C=O) groups excluding carboxylic acids is 2. The van der Waals surface area contributed by atoms with Gasteiger partial charge in [0, 0.05) is 0 Å². The SMILES string of the molecule is COc1ccc([C@]2(C)NC(=O)N(C[C@H](O)COc3ccc(C)cc3)C2=O)cc1. The van der Waals surface area contributed by atoms with E-state index in [0.717, 1.165) is 10.5 Å². The van der Waals surface area contributed by atoms with Crippen LogP contribution in [-0.4, -0.2) is 48.3 Å². The summed E-state index contributed by atoms with van der Waals surface area (Å²) >= 11 is 0. The fraction of sp³-hybridized carbons (Fsp3) is 0.333. The number of aliphatic hydroxyl groups is 1. The van der Waals surface area contributed by atoms with E-state index in [1.165, 1.54) is 0 Å². The Labute approximate surface area is 163 Å². The summed E-state index contributed by atoms with van der Waals surface area (Å²) in [5, 5.41) is 13.0. The number of ether oxygens (including phenoxy) is 2. The van der Waals surface area contributed by atoms with Gasteiger partial charge in [0.25, 0.3) is 5.91 Å². The number of β-amino-alcohol motifs (C(OH)–C–C–N with tert-alkyl or cyclic N) is 1. The Hall–Kier alpha value is -3.06. The number of imide groups is 1. The molecule has 3 rings (SSSR count). The zero-order valence-electron chi connectivity index (χ0n) is 16.1. The number of aliphatic hydroxyl groups excluding tert-OH is 1. The number of urea groups is 1. The molecule has 0 aliphatic carbocycles. The molecular weight excluding hydrogens is 360 g/mol. The second-order valence-corrected chi connectivity index (χ2v) is 6.98. The Morgan fingerprint density at radius 2 is 1.68 bits per heavy atom. The monoisotopic (exact) mass is 384 g/mol. The lowest BCUT2D eigenvalue weighted by Gasteiger charge is -2.23. The molecule has 7 heteroatoms. The lowest BCUT2D eigenvalue weighted by atomic mass is 9.92. The van der Waals surface area contributed by atoms with Crippen molar-refractivity contribution in [3.63, 3.8) is 0 Å². The molecule has 1 aliphatic heterocycles. The minimum absolute atomic E-state index is 0.0284. The third kappa shape index (κ3) is 3.94. The van der Waals surface area contributed by atoms with Crippen LogP contribution in [0.5, 0.6) is 11.5 Å². The van der Waals surface area contributed by atoms with Gasteiger partial charge in [0.05, 0.1) is 13.7 Å². The Morgan fingerprint density at radius 3 is 2.29 bits per heavy atom. The number of rotatable bonds is 7. The Kier molecular flexibility index (Phi) is 5.56. The highest BCUT2D eigenvalue weighted by Gasteiger charge is 2.49. The number of nitrogens with one attached hydrogen (secondary N) is 1. The maximum absolute atomic E-state index is 12.9. The van der Waals surface area contributed by atoms with E-state index in [2.05, 4.69) is 5.32 Å². The standard InChI is InChI=1S/C21H24N2O5/c1-14-4-8-18(9-5-14)28-13-16(24)12-23-19(25)21(2,22-20(23)26)15-6-10-17(27-3)11-7-15/h4-11,16,24H,12-13H2,1-3H3,(H,22,26)/t16-,21-/m0/s1. The molecule has 148 valence electrons. The van der Waals surface area contributed by atoms with E-state index in [1.54, 1.807) is 50.4 Å². The Balaban J connectivity index is 1.64. The Bertz CT molecular complexity index is 850. The van der Waals surface area contributed by atoms with Gasteiger partial charge < -0.3 is 19.9 Å². The van der Waals surface area contributed by atoms with Crippen molar-refractivity contribution in [1.29, 1.82) is 0 Å². The van der Waals surface area contributed by atoms with Gasteiger partial charge in [-0.15, -0.1) is 0 Å². The maximum atomic E-state index is 12.9. The van der Waals surface area contributed by atoms with Crippen molar-refractivity contribution in [3.8, 4) is 11.5 Å². The van der Waals surface area contributed by atoms with Crippen LogP contribution in [0.3, 0.4) is 0 Å². The van der Waals surface area contributed by atoms with E-state index in [1.807, 2.05) is 19.1 Å². The van der Waals surface area contributed by atoms with E-state index in [-0.39, 0.29) is 13.2 Å². The highest BCUT2D eigenvalue weighted by atomic mass is 16.5. The molecule has 1 aliphatic rings. The first-order valence-electron chi connectivity index (χ1n) is 8.99. The molecule has 0 saturated carbocycles. The van der Waals surface area contributed by atoms with Gasteiger partial charge in [-0.2, -0.15) is 0 Å². The average Bonchev–Trinajstić information content (AvgIpc) is 2.91. The van der Waals surface area contributed by atoms with Crippen molar-refractivity contribution in [1.82, 2.24) is 10.2 Å². The number of carbonyl (C=O) groups is 2. The number of nitrogens with zero attached hydrogens (tertiary/aromatic N) is 1. The topological polar surface area (TPSA) is 88.1 Å². The van der Waals surface area contributed by atoms with Gasteiger partial charge in [-0.3, -0.25) is 9.69 Å². The van der Waals surface area contributed by atoms with Crippen LogP contribution < -0.4 is 14.8 Å². The molecule has 7 nitrogen and oxygen atoms in total. The fourth-order valence-electron chi connectivity index (χ4n) is 3.07. The molecule has 2 N–H and O–H groups in total. The number of benzene rings is 2. The van der Waals surface area contributed by atoms with Crippen molar-refractivity contribution in [2.24, 2.45) is 0 Å². The molecular formula is C21H24N2O5. The van der Waals surface area contributed by atoms with Crippen LogP contribution >= 0.6 is 0 Å². The maximum Gasteiger partial charge on any atom is 0.325 e. The van der Waals surface area contributed by atoms with Crippen molar-refractivity contribution >= 4 is 11.9 Å². The third-order valence-corrected chi connectivity index (χ3v) is 4.80. The molecule has 1 fully saturated rings. The van der Waals surface area contributed by atoms with E-state index < -0.39 is 23.6 Å². The number of methoxy groups -OCH3 is 1. The molecule has 1 heterocycles. The average molecular weight is 384 g/mol. The van der Waals surface area contributed by atoms with Gasteiger partial charge in [0.1, 0.15) is 29.7 Å². The quantitative estimate of drug-likeness (QED) is 0.715. The normalized spacial score (nSPS) is 20.1. The molecule has 0 radical (unpaired) electrons. The summed E-state index contributed by atoms with van der Waals surface area (Å²) < 4.78 is 10.7. The summed E-state index contributed by atoms with van der Waals surface area (Å²) in [7, 11) is 1.56. The molecule has 0 bridgehead atoms. The van der Waals surface area contributed by atoms with E-state index in [4.69, 9.17) is 9.47 Å². The minimum atomic E-state index is -1.19. The van der Waals surface area contributed by atoms with Crippen molar-refractivity contribution in [2.75, 3.05) is 20.3 Å². The summed E-state index contributed by atoms with van der Waals surface area (Å²) in [6.07, 6.45) is -1.01. The highest BCUT2D eigenvalue weighted by Crippen LogP contribution is 2.30. The molecule has 0 spiro atoms. The van der Waals surface area contributed by atoms with Crippen LogP contribution in [0.2, 0.25) is 0 Å². The lowest BCUT2D eigenvalue weighted by molar-refractivity contribution is -0.132. The van der Waals surface area contributed by atoms with Gasteiger partial charge in [0.2, 0.25) is 0 Å². The summed E-state index contributed by atoms with van der Waals surface area (Å²) in [5.74, 6) is 0.853. The van der Waals surface area contributed by atoms with Crippen LogP contribution in [0.1, 0.15) is 18.1 Å². The van der Waals surface area contributed by atoms with E-state index >= 15 is 0 Å². The van der Waals surface area contributed by atoms with Gasteiger partial charge in [-0.1, -0.05) is 29.8 Å². The number of aryl methyl sites for hydroxylation is 1. The number of hydrogen-bond donors (Lipinski definition) is 2. The van der Waals surface area contributed by atoms with E-state index in [0.29, 0.717) is 17.1 Å². The lowest BCUT2D eigenvalue weighted by Crippen LogP contribution is -2.42. The van der Waals surface area contributed by atoms with Crippen molar-refractivity contribution in [2.45, 2.75) is 25.5 Å². The molecule has 1 saturated heterocycles. The van der Waals surface area contributed by atoms with Crippen LogP contribution in [-0.2, 0) is 10.3 Å². The van der Waals surface area contributed by atoms with Gasteiger partial charge >= 0.3 is 6.03 Å². The van der Waals surface area contributed by atoms with Crippen LogP contribution in [0, 0.1) is 6.92 Å². The minimum Gasteiger partial charge on any atom is -0.497 e. The van der Waals surface area contributed by atoms with Crippen molar-refractivity contribution < 1.29 is 24.2 Å². The second-order valence-electron chi connectivity index (χ2n) is 6.98. The molecule has 0 aromatic heterocycles. The summed E-state index contributed by atoms with van der Waals surface area (Å²) in [6, 6.07) is 13.8. The molecule has 2 atom stereocenters. The summed E-state index contributed by atoms with van der Waals surface area (Å²) in [4.78, 5) is 26.3. The largest absolute Gasteiger partial charge is 0.497 e. The van der Waals surface area contributed by atoms with Crippen LogP contribution in [0.25, 0.3) is 0 Å². The third-order valence-electron chi connectivity index (χ3n) is 4.80. The first-order valence-corrected chi connectivity index (χ1v) is 8.99. The smallest absolute Gasteiger partial charge is 0.325 e.